The number of nitro benzene ring substituents is 1. The van der Waals surface area contributed by atoms with E-state index in [1.807, 2.05) is 13.8 Å². The first kappa shape index (κ1) is 17.6. The molecule has 0 atom stereocenters. The summed E-state index contributed by atoms with van der Waals surface area (Å²) in [7, 11) is 1.51. The average molecular weight is 307 g/mol. The van der Waals surface area contributed by atoms with Crippen molar-refractivity contribution in [2.45, 2.75) is 20.8 Å². The molecule has 0 unspecified atom stereocenters. The number of nitro groups is 1. The van der Waals surface area contributed by atoms with E-state index in [2.05, 4.69) is 0 Å². The fourth-order valence-electron chi connectivity index (χ4n) is 2.11. The molecule has 22 heavy (non-hydrogen) atoms. The van der Waals surface area contributed by atoms with Crippen LogP contribution in [0.5, 0.6) is 0 Å². The van der Waals surface area contributed by atoms with Crippen LogP contribution in [0.15, 0.2) is 18.2 Å². The minimum absolute atomic E-state index is 0.0534. The van der Waals surface area contributed by atoms with Crippen molar-refractivity contribution in [2.75, 3.05) is 26.7 Å². The summed E-state index contributed by atoms with van der Waals surface area (Å²) < 4.78 is 0. The van der Waals surface area contributed by atoms with Gasteiger partial charge in [-0.15, -0.1) is 0 Å². The van der Waals surface area contributed by atoms with E-state index >= 15 is 0 Å². The van der Waals surface area contributed by atoms with Crippen molar-refractivity contribution in [1.82, 2.24) is 9.80 Å². The predicted octanol–water partition coefficient (Wildman–Crippen LogP) is 1.84. The molecule has 0 fully saturated rings. The van der Waals surface area contributed by atoms with Crippen molar-refractivity contribution in [3.05, 3.63) is 39.4 Å². The van der Waals surface area contributed by atoms with Gasteiger partial charge in [0.2, 0.25) is 5.91 Å². The third-order valence-electron chi connectivity index (χ3n) is 3.49. The largest absolute Gasteiger partial charge is 0.342 e. The molecule has 0 aliphatic heterocycles. The van der Waals surface area contributed by atoms with Gasteiger partial charge in [0.15, 0.2) is 0 Å². The molecule has 0 heterocycles. The predicted molar refractivity (Wildman–Crippen MR) is 82.7 cm³/mol. The van der Waals surface area contributed by atoms with Gasteiger partial charge in [0, 0.05) is 37.3 Å². The Morgan fingerprint density at radius 1 is 1.23 bits per heavy atom. The van der Waals surface area contributed by atoms with Crippen molar-refractivity contribution < 1.29 is 14.5 Å². The van der Waals surface area contributed by atoms with Crippen LogP contribution in [0.1, 0.15) is 29.8 Å². The number of rotatable bonds is 6. The summed E-state index contributed by atoms with van der Waals surface area (Å²) in [6.07, 6.45) is 0. The molecule has 0 N–H and O–H groups in total. The Kier molecular flexibility index (Phi) is 6.03. The van der Waals surface area contributed by atoms with E-state index in [4.69, 9.17) is 0 Å². The highest BCUT2D eigenvalue weighted by atomic mass is 16.6. The summed E-state index contributed by atoms with van der Waals surface area (Å²) in [6.45, 7) is 6.45. The lowest BCUT2D eigenvalue weighted by molar-refractivity contribution is -0.385. The van der Waals surface area contributed by atoms with Gasteiger partial charge in [-0.05, 0) is 26.8 Å². The summed E-state index contributed by atoms with van der Waals surface area (Å²) in [6, 6.07) is 4.31. The number of hydrogen-bond donors (Lipinski definition) is 0. The van der Waals surface area contributed by atoms with Gasteiger partial charge in [0.25, 0.3) is 11.6 Å². The zero-order chi connectivity index (χ0) is 16.9. The Hall–Kier alpha value is -2.44. The summed E-state index contributed by atoms with van der Waals surface area (Å²) in [5.41, 5.74) is 0.588. The highest BCUT2D eigenvalue weighted by Crippen LogP contribution is 2.20. The Labute approximate surface area is 129 Å². The van der Waals surface area contributed by atoms with Crippen LogP contribution in [-0.4, -0.2) is 53.2 Å². The first-order valence-electron chi connectivity index (χ1n) is 7.10. The molecule has 0 spiro atoms. The molecule has 1 aromatic carbocycles. The molecule has 0 aliphatic rings. The van der Waals surface area contributed by atoms with E-state index in [-0.39, 0.29) is 23.7 Å². The smallest absolute Gasteiger partial charge is 0.273 e. The zero-order valence-corrected chi connectivity index (χ0v) is 13.3. The standard InChI is InChI=1S/C15H21N3O4/c1-5-17(6-2)14(19)10-16(4)15(20)12-8-7-11(3)13(9-12)18(21)22/h7-9H,5-6,10H2,1-4H3. The molecule has 0 aromatic heterocycles. The van der Waals surface area contributed by atoms with Crippen LogP contribution in [0.2, 0.25) is 0 Å². The molecule has 7 heteroatoms. The van der Waals surface area contributed by atoms with Gasteiger partial charge in [-0.25, -0.2) is 0 Å². The van der Waals surface area contributed by atoms with Crippen LogP contribution in [-0.2, 0) is 4.79 Å². The van der Waals surface area contributed by atoms with Crippen LogP contribution >= 0.6 is 0 Å². The maximum Gasteiger partial charge on any atom is 0.273 e. The summed E-state index contributed by atoms with van der Waals surface area (Å²) in [5, 5.41) is 10.9. The third-order valence-corrected chi connectivity index (χ3v) is 3.49. The van der Waals surface area contributed by atoms with Crippen LogP contribution in [0.25, 0.3) is 0 Å². The molecule has 0 saturated carbocycles. The first-order valence-corrected chi connectivity index (χ1v) is 7.10. The minimum Gasteiger partial charge on any atom is -0.342 e. The molecule has 1 rings (SSSR count). The van der Waals surface area contributed by atoms with Gasteiger partial charge in [-0.1, -0.05) is 6.07 Å². The van der Waals surface area contributed by atoms with Gasteiger partial charge in [-0.3, -0.25) is 19.7 Å². The molecular weight excluding hydrogens is 286 g/mol. The molecule has 0 bridgehead atoms. The van der Waals surface area contributed by atoms with E-state index in [1.54, 1.807) is 11.8 Å². The van der Waals surface area contributed by atoms with E-state index in [0.717, 1.165) is 0 Å². The number of carbonyl (C=O) groups is 2. The van der Waals surface area contributed by atoms with Crippen molar-refractivity contribution in [3.8, 4) is 0 Å². The highest BCUT2D eigenvalue weighted by molar-refractivity contribution is 5.97. The third kappa shape index (κ3) is 4.03. The zero-order valence-electron chi connectivity index (χ0n) is 13.3. The fraction of sp³-hybridized carbons (Fsp3) is 0.467. The molecule has 7 nitrogen and oxygen atoms in total. The maximum atomic E-state index is 12.3. The summed E-state index contributed by atoms with van der Waals surface area (Å²) in [5.74, 6) is -0.564. The number of carbonyl (C=O) groups excluding carboxylic acids is 2. The number of amides is 2. The Morgan fingerprint density at radius 2 is 1.82 bits per heavy atom. The maximum absolute atomic E-state index is 12.3. The number of likely N-dealkylation sites (N-methyl/N-ethyl adjacent to an activating group) is 2. The minimum atomic E-state index is -0.521. The normalized spacial score (nSPS) is 10.2. The molecular formula is C15H21N3O4. The second kappa shape index (κ2) is 7.53. The lowest BCUT2D eigenvalue weighted by Gasteiger charge is -2.23. The first-order chi connectivity index (χ1) is 10.3. The number of hydrogen-bond acceptors (Lipinski definition) is 4. The fourth-order valence-corrected chi connectivity index (χ4v) is 2.11. The van der Waals surface area contributed by atoms with Crippen LogP contribution in [0.3, 0.4) is 0 Å². The van der Waals surface area contributed by atoms with Crippen LogP contribution in [0.4, 0.5) is 5.69 Å². The van der Waals surface area contributed by atoms with Crippen molar-refractivity contribution in [3.63, 3.8) is 0 Å². The second-order valence-corrected chi connectivity index (χ2v) is 4.99. The Morgan fingerprint density at radius 3 is 2.32 bits per heavy atom. The van der Waals surface area contributed by atoms with Gasteiger partial charge < -0.3 is 9.80 Å². The average Bonchev–Trinajstić information content (AvgIpc) is 2.47. The summed E-state index contributed by atoms with van der Waals surface area (Å²) in [4.78, 5) is 37.6. The molecule has 2 amide bonds. The monoisotopic (exact) mass is 307 g/mol. The van der Waals surface area contributed by atoms with E-state index in [0.29, 0.717) is 18.7 Å². The topological polar surface area (TPSA) is 83.8 Å². The second-order valence-electron chi connectivity index (χ2n) is 4.99. The molecule has 0 aliphatic carbocycles. The van der Waals surface area contributed by atoms with Gasteiger partial charge in [-0.2, -0.15) is 0 Å². The van der Waals surface area contributed by atoms with E-state index < -0.39 is 10.8 Å². The van der Waals surface area contributed by atoms with Gasteiger partial charge >= 0.3 is 0 Å². The Bertz CT molecular complexity index is 582. The number of aryl methyl sites for hydroxylation is 1. The van der Waals surface area contributed by atoms with Crippen molar-refractivity contribution >= 4 is 17.5 Å². The van der Waals surface area contributed by atoms with Gasteiger partial charge in [0.05, 0.1) is 11.5 Å². The molecule has 120 valence electrons. The van der Waals surface area contributed by atoms with Crippen molar-refractivity contribution in [1.29, 1.82) is 0 Å². The molecule has 0 saturated heterocycles. The number of benzene rings is 1. The van der Waals surface area contributed by atoms with E-state index in [9.17, 15) is 19.7 Å². The lowest BCUT2D eigenvalue weighted by Crippen LogP contribution is -2.41. The number of nitrogens with zero attached hydrogens (tertiary/aromatic N) is 3. The van der Waals surface area contributed by atoms with Crippen LogP contribution in [0, 0.1) is 17.0 Å². The quantitative estimate of drug-likeness (QED) is 0.593. The molecule has 1 aromatic rings. The van der Waals surface area contributed by atoms with Crippen LogP contribution < -0.4 is 0 Å². The summed E-state index contributed by atoms with van der Waals surface area (Å²) >= 11 is 0. The van der Waals surface area contributed by atoms with Gasteiger partial charge in [0.1, 0.15) is 0 Å². The molecule has 0 radical (unpaired) electrons. The Balaban J connectivity index is 2.89. The van der Waals surface area contributed by atoms with Crippen molar-refractivity contribution in [2.24, 2.45) is 0 Å². The lowest BCUT2D eigenvalue weighted by atomic mass is 10.1. The highest BCUT2D eigenvalue weighted by Gasteiger charge is 2.20. The van der Waals surface area contributed by atoms with E-state index in [1.165, 1.54) is 30.1 Å². The SMILES string of the molecule is CCN(CC)C(=O)CN(C)C(=O)c1ccc(C)c([N+](=O)[O-])c1.